The minimum Gasteiger partial charge on any atom is -0.497 e. The predicted molar refractivity (Wildman–Crippen MR) is 93.8 cm³/mol. The van der Waals surface area contributed by atoms with Crippen molar-refractivity contribution in [2.75, 3.05) is 7.11 Å². The molecule has 0 atom stereocenters. The van der Waals surface area contributed by atoms with Gasteiger partial charge in [0, 0.05) is 23.9 Å². The SMILES string of the molecule is COc1cccc(C(=O)NCc2cccnc2-c2ccccc2)c1. The molecule has 1 amide bonds. The van der Waals surface area contributed by atoms with Crippen LogP contribution in [0, 0.1) is 0 Å². The molecule has 0 unspecified atom stereocenters. The van der Waals surface area contributed by atoms with E-state index in [4.69, 9.17) is 4.74 Å². The number of aromatic nitrogens is 1. The van der Waals surface area contributed by atoms with E-state index < -0.39 is 0 Å². The number of carbonyl (C=O) groups excluding carboxylic acids is 1. The lowest BCUT2D eigenvalue weighted by Crippen LogP contribution is -2.23. The molecule has 3 rings (SSSR count). The third-order valence-electron chi connectivity index (χ3n) is 3.71. The molecule has 0 aliphatic carbocycles. The second kappa shape index (κ2) is 7.42. The number of nitrogens with zero attached hydrogens (tertiary/aromatic N) is 1. The van der Waals surface area contributed by atoms with E-state index in [1.54, 1.807) is 31.5 Å². The van der Waals surface area contributed by atoms with Gasteiger partial charge >= 0.3 is 0 Å². The molecule has 1 aromatic heterocycles. The molecular formula is C20H18N2O2. The largest absolute Gasteiger partial charge is 0.497 e. The summed E-state index contributed by atoms with van der Waals surface area (Å²) in [5, 5.41) is 2.94. The van der Waals surface area contributed by atoms with Crippen LogP contribution in [-0.4, -0.2) is 18.0 Å². The number of hydrogen-bond donors (Lipinski definition) is 1. The summed E-state index contributed by atoms with van der Waals surface area (Å²) in [6.07, 6.45) is 1.76. The van der Waals surface area contributed by atoms with E-state index in [1.807, 2.05) is 48.5 Å². The van der Waals surface area contributed by atoms with Crippen molar-refractivity contribution in [1.29, 1.82) is 0 Å². The number of hydrogen-bond acceptors (Lipinski definition) is 3. The van der Waals surface area contributed by atoms with E-state index in [2.05, 4.69) is 10.3 Å². The zero-order valence-electron chi connectivity index (χ0n) is 13.4. The van der Waals surface area contributed by atoms with Gasteiger partial charge in [-0.15, -0.1) is 0 Å². The topological polar surface area (TPSA) is 51.2 Å². The Bertz CT molecular complexity index is 832. The smallest absolute Gasteiger partial charge is 0.251 e. The lowest BCUT2D eigenvalue weighted by atomic mass is 10.1. The number of amides is 1. The second-order valence-corrected chi connectivity index (χ2v) is 5.29. The summed E-state index contributed by atoms with van der Waals surface area (Å²) in [5.74, 6) is 0.519. The van der Waals surface area contributed by atoms with Crippen LogP contribution in [0.2, 0.25) is 0 Å². The quantitative estimate of drug-likeness (QED) is 0.780. The van der Waals surface area contributed by atoms with Crippen molar-refractivity contribution in [3.8, 4) is 17.0 Å². The summed E-state index contributed by atoms with van der Waals surface area (Å²) in [7, 11) is 1.58. The Morgan fingerprint density at radius 1 is 1.04 bits per heavy atom. The first-order valence-electron chi connectivity index (χ1n) is 7.69. The van der Waals surface area contributed by atoms with Crippen LogP contribution in [0.1, 0.15) is 15.9 Å². The lowest BCUT2D eigenvalue weighted by Gasteiger charge is -2.10. The average Bonchev–Trinajstić information content (AvgIpc) is 2.67. The van der Waals surface area contributed by atoms with Crippen LogP contribution >= 0.6 is 0 Å². The van der Waals surface area contributed by atoms with Gasteiger partial charge in [0.05, 0.1) is 12.8 Å². The molecule has 0 saturated heterocycles. The van der Waals surface area contributed by atoms with Gasteiger partial charge in [-0.2, -0.15) is 0 Å². The summed E-state index contributed by atoms with van der Waals surface area (Å²) in [6.45, 7) is 0.411. The van der Waals surface area contributed by atoms with Crippen molar-refractivity contribution in [2.24, 2.45) is 0 Å². The monoisotopic (exact) mass is 318 g/mol. The molecule has 4 nitrogen and oxygen atoms in total. The minimum absolute atomic E-state index is 0.142. The Hall–Kier alpha value is -3.14. The first-order valence-corrected chi connectivity index (χ1v) is 7.69. The zero-order chi connectivity index (χ0) is 16.8. The van der Waals surface area contributed by atoms with Crippen LogP contribution in [0.4, 0.5) is 0 Å². The molecule has 3 aromatic rings. The van der Waals surface area contributed by atoms with Gasteiger partial charge < -0.3 is 10.1 Å². The van der Waals surface area contributed by atoms with Crippen molar-refractivity contribution in [3.05, 3.63) is 84.1 Å². The van der Waals surface area contributed by atoms with Crippen molar-refractivity contribution in [3.63, 3.8) is 0 Å². The predicted octanol–water partition coefficient (Wildman–Crippen LogP) is 3.69. The molecule has 4 heteroatoms. The Morgan fingerprint density at radius 2 is 1.88 bits per heavy atom. The number of rotatable bonds is 5. The van der Waals surface area contributed by atoms with Crippen molar-refractivity contribution < 1.29 is 9.53 Å². The van der Waals surface area contributed by atoms with Gasteiger partial charge in [-0.25, -0.2) is 0 Å². The van der Waals surface area contributed by atoms with E-state index in [1.165, 1.54) is 0 Å². The maximum Gasteiger partial charge on any atom is 0.251 e. The molecule has 2 aromatic carbocycles. The molecule has 0 aliphatic heterocycles. The fourth-order valence-corrected chi connectivity index (χ4v) is 2.48. The number of pyridine rings is 1. The molecule has 0 spiro atoms. The third kappa shape index (κ3) is 3.60. The van der Waals surface area contributed by atoms with E-state index in [9.17, 15) is 4.79 Å². The highest BCUT2D eigenvalue weighted by atomic mass is 16.5. The van der Waals surface area contributed by atoms with Crippen LogP contribution in [-0.2, 0) is 6.54 Å². The maximum absolute atomic E-state index is 12.3. The lowest BCUT2D eigenvalue weighted by molar-refractivity contribution is 0.0950. The highest BCUT2D eigenvalue weighted by Gasteiger charge is 2.09. The first-order chi connectivity index (χ1) is 11.8. The Morgan fingerprint density at radius 3 is 2.67 bits per heavy atom. The first kappa shape index (κ1) is 15.7. The average molecular weight is 318 g/mol. The molecule has 0 saturated carbocycles. The van der Waals surface area contributed by atoms with Crippen molar-refractivity contribution in [2.45, 2.75) is 6.54 Å². The number of nitrogens with one attached hydrogen (secondary N) is 1. The van der Waals surface area contributed by atoms with Gasteiger partial charge in [-0.3, -0.25) is 9.78 Å². The zero-order valence-corrected chi connectivity index (χ0v) is 13.4. The van der Waals surface area contributed by atoms with E-state index >= 15 is 0 Å². The van der Waals surface area contributed by atoms with Gasteiger partial charge in [0.2, 0.25) is 0 Å². The molecule has 1 heterocycles. The Balaban J connectivity index is 1.76. The standard InChI is InChI=1S/C20H18N2O2/c1-24-18-11-5-9-16(13-18)20(23)22-14-17-10-6-12-21-19(17)15-7-3-2-4-8-15/h2-13H,14H2,1H3,(H,22,23). The van der Waals surface area contributed by atoms with Gasteiger partial charge in [-0.1, -0.05) is 42.5 Å². The Labute approximate surface area is 141 Å². The molecule has 120 valence electrons. The third-order valence-corrected chi connectivity index (χ3v) is 3.71. The number of benzene rings is 2. The summed E-state index contributed by atoms with van der Waals surface area (Å²) in [6, 6.07) is 20.9. The van der Waals surface area contributed by atoms with Crippen LogP contribution in [0.15, 0.2) is 72.9 Å². The highest BCUT2D eigenvalue weighted by Crippen LogP contribution is 2.20. The highest BCUT2D eigenvalue weighted by molar-refractivity contribution is 5.94. The number of methoxy groups -OCH3 is 1. The molecule has 1 N–H and O–H groups in total. The summed E-state index contributed by atoms with van der Waals surface area (Å²) in [4.78, 5) is 16.8. The van der Waals surface area contributed by atoms with E-state index in [0.29, 0.717) is 17.9 Å². The number of carbonyl (C=O) groups is 1. The van der Waals surface area contributed by atoms with Crippen LogP contribution < -0.4 is 10.1 Å². The molecule has 0 bridgehead atoms. The Kier molecular flexibility index (Phi) is 4.87. The molecule has 0 aliphatic rings. The van der Waals surface area contributed by atoms with Crippen LogP contribution in [0.3, 0.4) is 0 Å². The van der Waals surface area contributed by atoms with Gasteiger partial charge in [0.15, 0.2) is 0 Å². The van der Waals surface area contributed by atoms with E-state index in [-0.39, 0.29) is 5.91 Å². The summed E-state index contributed by atoms with van der Waals surface area (Å²) < 4.78 is 5.15. The second-order valence-electron chi connectivity index (χ2n) is 5.29. The van der Waals surface area contributed by atoms with Gasteiger partial charge in [-0.05, 0) is 29.8 Å². The molecule has 24 heavy (non-hydrogen) atoms. The van der Waals surface area contributed by atoms with Crippen LogP contribution in [0.25, 0.3) is 11.3 Å². The van der Waals surface area contributed by atoms with Gasteiger partial charge in [0.25, 0.3) is 5.91 Å². The fraction of sp³-hybridized carbons (Fsp3) is 0.100. The molecular weight excluding hydrogens is 300 g/mol. The minimum atomic E-state index is -0.142. The maximum atomic E-state index is 12.3. The van der Waals surface area contributed by atoms with Gasteiger partial charge in [0.1, 0.15) is 5.75 Å². The normalized spacial score (nSPS) is 10.2. The number of ether oxygens (including phenoxy) is 1. The van der Waals surface area contributed by atoms with Crippen molar-refractivity contribution in [1.82, 2.24) is 10.3 Å². The van der Waals surface area contributed by atoms with Crippen LogP contribution in [0.5, 0.6) is 5.75 Å². The molecule has 0 radical (unpaired) electrons. The summed E-state index contributed by atoms with van der Waals surface area (Å²) >= 11 is 0. The van der Waals surface area contributed by atoms with E-state index in [0.717, 1.165) is 16.8 Å². The van der Waals surface area contributed by atoms with Crippen molar-refractivity contribution >= 4 is 5.91 Å². The fourth-order valence-electron chi connectivity index (χ4n) is 2.48. The molecule has 0 fully saturated rings. The summed E-state index contributed by atoms with van der Waals surface area (Å²) in [5.41, 5.74) is 3.45.